The number of nitrogens with zero attached hydrogens (tertiary/aromatic N) is 1. The van der Waals surface area contributed by atoms with E-state index in [1.165, 1.54) is 32.2 Å². The standard InChI is InChI=1S/C17H32N2O2/c1-2-10-19-11-6-15(7-12-19)14-18-16(20)13-17(21)8-4-3-5-9-17/h15,21H,2-14H2,1H3,(H,18,20). The Bertz CT molecular complexity index is 319. The smallest absolute Gasteiger partial charge is 0.222 e. The van der Waals surface area contributed by atoms with Gasteiger partial charge in [-0.2, -0.15) is 0 Å². The van der Waals surface area contributed by atoms with Crippen molar-refractivity contribution in [3.05, 3.63) is 0 Å². The molecule has 0 unspecified atom stereocenters. The van der Waals surface area contributed by atoms with Crippen molar-refractivity contribution in [1.82, 2.24) is 10.2 Å². The molecule has 1 saturated heterocycles. The zero-order valence-electron chi connectivity index (χ0n) is 13.6. The van der Waals surface area contributed by atoms with E-state index in [1.54, 1.807) is 0 Å². The first kappa shape index (κ1) is 16.8. The lowest BCUT2D eigenvalue weighted by Gasteiger charge is -2.33. The molecule has 21 heavy (non-hydrogen) atoms. The van der Waals surface area contributed by atoms with Crippen LogP contribution in [0.1, 0.15) is 64.7 Å². The summed E-state index contributed by atoms with van der Waals surface area (Å²) in [5.41, 5.74) is -0.729. The van der Waals surface area contributed by atoms with Gasteiger partial charge in [0, 0.05) is 6.54 Å². The highest BCUT2D eigenvalue weighted by Crippen LogP contribution is 2.30. The predicted octanol–water partition coefficient (Wildman–Crippen LogP) is 2.31. The van der Waals surface area contributed by atoms with Crippen LogP contribution in [0.3, 0.4) is 0 Å². The van der Waals surface area contributed by atoms with Crippen LogP contribution >= 0.6 is 0 Å². The molecule has 0 aromatic carbocycles. The minimum atomic E-state index is -0.729. The molecule has 0 atom stereocenters. The van der Waals surface area contributed by atoms with Gasteiger partial charge in [-0.05, 0) is 57.7 Å². The lowest BCUT2D eigenvalue weighted by molar-refractivity contribution is -0.127. The SMILES string of the molecule is CCCN1CCC(CNC(=O)CC2(O)CCCCC2)CC1. The largest absolute Gasteiger partial charge is 0.389 e. The zero-order valence-corrected chi connectivity index (χ0v) is 13.6. The van der Waals surface area contributed by atoms with Crippen molar-refractivity contribution < 1.29 is 9.90 Å². The predicted molar refractivity (Wildman–Crippen MR) is 85.1 cm³/mol. The molecule has 0 radical (unpaired) electrons. The number of likely N-dealkylation sites (tertiary alicyclic amines) is 1. The molecule has 122 valence electrons. The summed E-state index contributed by atoms with van der Waals surface area (Å²) in [6, 6.07) is 0. The summed E-state index contributed by atoms with van der Waals surface area (Å²) >= 11 is 0. The maximum Gasteiger partial charge on any atom is 0.222 e. The van der Waals surface area contributed by atoms with Gasteiger partial charge in [0.1, 0.15) is 0 Å². The molecule has 0 aromatic rings. The number of aliphatic hydroxyl groups is 1. The summed E-state index contributed by atoms with van der Waals surface area (Å²) in [7, 11) is 0. The van der Waals surface area contributed by atoms with E-state index in [4.69, 9.17) is 0 Å². The van der Waals surface area contributed by atoms with Crippen molar-refractivity contribution in [1.29, 1.82) is 0 Å². The van der Waals surface area contributed by atoms with Crippen molar-refractivity contribution in [3.8, 4) is 0 Å². The van der Waals surface area contributed by atoms with Crippen molar-refractivity contribution in [2.24, 2.45) is 5.92 Å². The lowest BCUT2D eigenvalue weighted by Crippen LogP contribution is -2.42. The van der Waals surface area contributed by atoms with E-state index in [0.717, 1.165) is 45.3 Å². The Morgan fingerprint density at radius 1 is 1.24 bits per heavy atom. The fourth-order valence-electron chi connectivity index (χ4n) is 3.74. The molecule has 0 bridgehead atoms. The molecule has 0 aromatic heterocycles. The average Bonchev–Trinajstić information content (AvgIpc) is 2.47. The van der Waals surface area contributed by atoms with Crippen molar-refractivity contribution in [2.45, 2.75) is 70.3 Å². The van der Waals surface area contributed by atoms with Crippen LogP contribution in [0.2, 0.25) is 0 Å². The van der Waals surface area contributed by atoms with Crippen LogP contribution < -0.4 is 5.32 Å². The molecule has 1 saturated carbocycles. The van der Waals surface area contributed by atoms with E-state index < -0.39 is 5.60 Å². The first-order chi connectivity index (χ1) is 10.1. The minimum absolute atomic E-state index is 0.0374. The van der Waals surface area contributed by atoms with Crippen LogP contribution in [0.5, 0.6) is 0 Å². The van der Waals surface area contributed by atoms with E-state index in [0.29, 0.717) is 12.3 Å². The van der Waals surface area contributed by atoms with E-state index >= 15 is 0 Å². The van der Waals surface area contributed by atoms with Crippen LogP contribution in [0, 0.1) is 5.92 Å². The van der Waals surface area contributed by atoms with Gasteiger partial charge in [-0.15, -0.1) is 0 Å². The first-order valence-electron chi connectivity index (χ1n) is 8.83. The summed E-state index contributed by atoms with van der Waals surface area (Å²) in [5.74, 6) is 0.651. The zero-order chi connectivity index (χ0) is 15.1. The fourth-order valence-corrected chi connectivity index (χ4v) is 3.74. The van der Waals surface area contributed by atoms with Crippen LogP contribution in [-0.2, 0) is 4.79 Å². The quantitative estimate of drug-likeness (QED) is 0.791. The molecule has 1 aliphatic heterocycles. The van der Waals surface area contributed by atoms with Gasteiger partial charge >= 0.3 is 0 Å². The normalized spacial score (nSPS) is 23.9. The Balaban J connectivity index is 1.63. The molecule has 2 rings (SSSR count). The molecule has 0 spiro atoms. The van der Waals surface area contributed by atoms with Crippen molar-refractivity contribution >= 4 is 5.91 Å². The Morgan fingerprint density at radius 3 is 2.52 bits per heavy atom. The summed E-state index contributed by atoms with van der Waals surface area (Å²) in [5, 5.41) is 13.5. The molecule has 2 aliphatic rings. The number of piperidine rings is 1. The van der Waals surface area contributed by atoms with Crippen LogP contribution in [-0.4, -0.2) is 47.7 Å². The molecular formula is C17H32N2O2. The number of amides is 1. The average molecular weight is 296 g/mol. The molecule has 2 fully saturated rings. The second-order valence-electron chi connectivity index (χ2n) is 7.05. The molecule has 1 heterocycles. The maximum atomic E-state index is 12.0. The second kappa shape index (κ2) is 8.14. The van der Waals surface area contributed by atoms with Crippen LogP contribution in [0.4, 0.5) is 0 Å². The number of rotatable bonds is 6. The van der Waals surface area contributed by atoms with E-state index in [-0.39, 0.29) is 5.91 Å². The molecule has 1 amide bonds. The summed E-state index contributed by atoms with van der Waals surface area (Å²) < 4.78 is 0. The molecule has 4 heteroatoms. The number of carbonyl (C=O) groups excluding carboxylic acids is 1. The third-order valence-corrected chi connectivity index (χ3v) is 5.11. The topological polar surface area (TPSA) is 52.6 Å². The van der Waals surface area contributed by atoms with Gasteiger partial charge in [-0.1, -0.05) is 26.2 Å². The van der Waals surface area contributed by atoms with Gasteiger partial charge in [0.25, 0.3) is 0 Å². The van der Waals surface area contributed by atoms with Gasteiger partial charge in [0.2, 0.25) is 5.91 Å². The second-order valence-corrected chi connectivity index (χ2v) is 7.05. The minimum Gasteiger partial charge on any atom is -0.389 e. The molecule has 2 N–H and O–H groups in total. The first-order valence-corrected chi connectivity index (χ1v) is 8.83. The van der Waals surface area contributed by atoms with Crippen molar-refractivity contribution in [3.63, 3.8) is 0 Å². The van der Waals surface area contributed by atoms with Crippen molar-refractivity contribution in [2.75, 3.05) is 26.2 Å². The van der Waals surface area contributed by atoms with Gasteiger partial charge in [-0.25, -0.2) is 0 Å². The number of hydrogen-bond donors (Lipinski definition) is 2. The summed E-state index contributed by atoms with van der Waals surface area (Å²) in [4.78, 5) is 14.6. The Labute approximate surface area is 129 Å². The molecule has 1 aliphatic carbocycles. The van der Waals surface area contributed by atoms with Gasteiger partial charge in [0.15, 0.2) is 0 Å². The number of nitrogens with one attached hydrogen (secondary N) is 1. The Morgan fingerprint density at radius 2 is 1.90 bits per heavy atom. The molecular weight excluding hydrogens is 264 g/mol. The highest BCUT2D eigenvalue weighted by Gasteiger charge is 2.31. The van der Waals surface area contributed by atoms with E-state index in [1.807, 2.05) is 0 Å². The lowest BCUT2D eigenvalue weighted by atomic mass is 9.82. The summed E-state index contributed by atoms with van der Waals surface area (Å²) in [6.45, 7) is 6.54. The highest BCUT2D eigenvalue weighted by molar-refractivity contribution is 5.77. The summed E-state index contributed by atoms with van der Waals surface area (Å²) in [6.07, 6.45) is 8.77. The Kier molecular flexibility index (Phi) is 6.49. The van der Waals surface area contributed by atoms with Crippen LogP contribution in [0.25, 0.3) is 0 Å². The molecule has 4 nitrogen and oxygen atoms in total. The fraction of sp³-hybridized carbons (Fsp3) is 0.941. The van der Waals surface area contributed by atoms with Crippen LogP contribution in [0.15, 0.2) is 0 Å². The van der Waals surface area contributed by atoms with Gasteiger partial charge in [-0.3, -0.25) is 4.79 Å². The third kappa shape index (κ3) is 5.59. The van der Waals surface area contributed by atoms with E-state index in [9.17, 15) is 9.90 Å². The van der Waals surface area contributed by atoms with E-state index in [2.05, 4.69) is 17.1 Å². The van der Waals surface area contributed by atoms with Gasteiger partial charge in [0.05, 0.1) is 12.0 Å². The number of carbonyl (C=O) groups is 1. The number of hydrogen-bond acceptors (Lipinski definition) is 3. The highest BCUT2D eigenvalue weighted by atomic mass is 16.3. The maximum absolute atomic E-state index is 12.0. The monoisotopic (exact) mass is 296 g/mol. The Hall–Kier alpha value is -0.610. The third-order valence-electron chi connectivity index (χ3n) is 5.11. The van der Waals surface area contributed by atoms with Gasteiger partial charge < -0.3 is 15.3 Å².